The fourth-order valence-electron chi connectivity index (χ4n) is 4.52. The number of halogens is 6. The number of aryl methyl sites for hydroxylation is 3. The van der Waals surface area contributed by atoms with Crippen molar-refractivity contribution in [2.45, 2.75) is 38.8 Å². The minimum atomic E-state index is -4.93. The summed E-state index contributed by atoms with van der Waals surface area (Å²) in [6, 6.07) is 17.6. The Labute approximate surface area is 217 Å². The lowest BCUT2D eigenvalue weighted by molar-refractivity contribution is -0.140. The zero-order valence-electron chi connectivity index (χ0n) is 20.9. The first-order valence-electron chi connectivity index (χ1n) is 12.2. The van der Waals surface area contributed by atoms with Crippen LogP contribution in [-0.4, -0.2) is 7.11 Å². The van der Waals surface area contributed by atoms with Gasteiger partial charge in [0, 0.05) is 5.56 Å². The molecular weight excluding hydrogens is 502 g/mol. The average Bonchev–Trinajstić information content (AvgIpc) is 2.88. The number of methoxy groups -OCH3 is 1. The molecular formula is C31H26F6O. The SMILES string of the molecule is CCCc1ccc(-c2ccc(CCc3ccc(-c4ccc(OC)cc4)c(F)c3C(F)(F)F)c(F)c2)cc1F. The number of hydrogen-bond acceptors (Lipinski definition) is 1. The van der Waals surface area contributed by atoms with Gasteiger partial charge in [-0.2, -0.15) is 13.2 Å². The summed E-state index contributed by atoms with van der Waals surface area (Å²) >= 11 is 0. The van der Waals surface area contributed by atoms with Crippen LogP contribution in [-0.2, 0) is 25.4 Å². The highest BCUT2D eigenvalue weighted by Gasteiger charge is 2.38. The van der Waals surface area contributed by atoms with Gasteiger partial charge in [-0.05, 0) is 76.9 Å². The standard InChI is InChI=1S/C31H26F6O/c1-3-4-20-6-9-23(17-27(20)32)24-10-7-21(28(33)18-24)5-8-22-13-16-26(30(34)29(22)31(35,36)37)19-11-14-25(38-2)15-12-19/h6-7,9-18H,3-5,8H2,1-2H3. The van der Waals surface area contributed by atoms with Gasteiger partial charge >= 0.3 is 6.18 Å². The van der Waals surface area contributed by atoms with Crippen LogP contribution in [0.3, 0.4) is 0 Å². The largest absolute Gasteiger partial charge is 0.497 e. The van der Waals surface area contributed by atoms with Crippen molar-refractivity contribution in [3.8, 4) is 28.0 Å². The van der Waals surface area contributed by atoms with Gasteiger partial charge in [-0.15, -0.1) is 0 Å². The summed E-state index contributed by atoms with van der Waals surface area (Å²) in [5.74, 6) is -1.86. The molecule has 0 bridgehead atoms. The molecule has 0 amide bonds. The third-order valence-electron chi connectivity index (χ3n) is 6.54. The van der Waals surface area contributed by atoms with Gasteiger partial charge in [-0.25, -0.2) is 13.2 Å². The molecule has 0 aromatic heterocycles. The lowest BCUT2D eigenvalue weighted by atomic mass is 9.93. The normalized spacial score (nSPS) is 11.6. The van der Waals surface area contributed by atoms with Crippen molar-refractivity contribution < 1.29 is 31.1 Å². The molecule has 0 saturated heterocycles. The van der Waals surface area contributed by atoms with Crippen molar-refractivity contribution in [3.05, 3.63) is 113 Å². The van der Waals surface area contributed by atoms with Gasteiger partial charge in [0.1, 0.15) is 23.2 Å². The molecule has 0 heterocycles. The second kappa shape index (κ2) is 11.3. The summed E-state index contributed by atoms with van der Waals surface area (Å²) in [5, 5.41) is 0. The molecule has 4 rings (SSSR count). The van der Waals surface area contributed by atoms with E-state index in [0.717, 1.165) is 6.42 Å². The number of alkyl halides is 3. The lowest BCUT2D eigenvalue weighted by Gasteiger charge is -2.17. The molecule has 4 aromatic carbocycles. The van der Waals surface area contributed by atoms with E-state index < -0.39 is 23.4 Å². The highest BCUT2D eigenvalue weighted by molar-refractivity contribution is 5.67. The van der Waals surface area contributed by atoms with Gasteiger partial charge < -0.3 is 4.74 Å². The predicted octanol–water partition coefficient (Wildman–Crippen LogP) is 9.20. The van der Waals surface area contributed by atoms with E-state index in [1.807, 2.05) is 6.92 Å². The van der Waals surface area contributed by atoms with E-state index in [0.29, 0.717) is 28.9 Å². The molecule has 0 fully saturated rings. The Balaban J connectivity index is 1.59. The minimum Gasteiger partial charge on any atom is -0.497 e. The zero-order chi connectivity index (χ0) is 27.4. The van der Waals surface area contributed by atoms with Crippen LogP contribution in [0.2, 0.25) is 0 Å². The van der Waals surface area contributed by atoms with E-state index in [9.17, 15) is 22.0 Å². The van der Waals surface area contributed by atoms with Crippen LogP contribution in [0.15, 0.2) is 72.8 Å². The zero-order valence-corrected chi connectivity index (χ0v) is 20.9. The van der Waals surface area contributed by atoms with Crippen molar-refractivity contribution in [1.82, 2.24) is 0 Å². The van der Waals surface area contributed by atoms with E-state index in [-0.39, 0.29) is 40.9 Å². The van der Waals surface area contributed by atoms with Gasteiger partial charge in [0.05, 0.1) is 12.7 Å². The van der Waals surface area contributed by atoms with Crippen molar-refractivity contribution >= 4 is 0 Å². The molecule has 0 radical (unpaired) electrons. The molecule has 0 saturated carbocycles. The Morgan fingerprint density at radius 3 is 1.63 bits per heavy atom. The second-order valence-corrected chi connectivity index (χ2v) is 9.05. The molecule has 4 aromatic rings. The summed E-state index contributed by atoms with van der Waals surface area (Å²) in [4.78, 5) is 0. The molecule has 1 nitrogen and oxygen atoms in total. The first-order valence-corrected chi connectivity index (χ1v) is 12.2. The van der Waals surface area contributed by atoms with E-state index in [1.165, 1.54) is 61.7 Å². The third-order valence-corrected chi connectivity index (χ3v) is 6.54. The molecule has 0 N–H and O–H groups in total. The van der Waals surface area contributed by atoms with E-state index in [4.69, 9.17) is 4.74 Å². The first kappa shape index (κ1) is 27.3. The molecule has 0 aliphatic rings. The van der Waals surface area contributed by atoms with Crippen LogP contribution in [0.1, 0.15) is 35.6 Å². The van der Waals surface area contributed by atoms with Crippen LogP contribution in [0.4, 0.5) is 26.3 Å². The van der Waals surface area contributed by atoms with Crippen molar-refractivity contribution in [1.29, 1.82) is 0 Å². The van der Waals surface area contributed by atoms with Crippen LogP contribution in [0.25, 0.3) is 22.3 Å². The molecule has 0 unspecified atom stereocenters. The van der Waals surface area contributed by atoms with Crippen molar-refractivity contribution in [2.24, 2.45) is 0 Å². The Kier molecular flexibility index (Phi) is 8.14. The van der Waals surface area contributed by atoms with E-state index in [1.54, 1.807) is 18.2 Å². The maximum absolute atomic E-state index is 15.2. The van der Waals surface area contributed by atoms with Gasteiger partial charge in [0.25, 0.3) is 0 Å². The number of ether oxygens (including phenoxy) is 1. The Hall–Kier alpha value is -3.74. The predicted molar refractivity (Wildman–Crippen MR) is 137 cm³/mol. The van der Waals surface area contributed by atoms with E-state index in [2.05, 4.69) is 0 Å². The molecule has 0 aliphatic heterocycles. The quantitative estimate of drug-likeness (QED) is 0.207. The Bertz CT molecular complexity index is 1420. The molecule has 0 atom stereocenters. The van der Waals surface area contributed by atoms with Gasteiger partial charge in [-0.1, -0.05) is 61.9 Å². The summed E-state index contributed by atoms with van der Waals surface area (Å²) in [6.07, 6.45) is -3.82. The summed E-state index contributed by atoms with van der Waals surface area (Å²) in [6.45, 7) is 1.95. The fourth-order valence-corrected chi connectivity index (χ4v) is 4.52. The Morgan fingerprint density at radius 2 is 1.13 bits per heavy atom. The number of hydrogen-bond donors (Lipinski definition) is 0. The van der Waals surface area contributed by atoms with Crippen molar-refractivity contribution in [2.75, 3.05) is 7.11 Å². The molecule has 198 valence electrons. The van der Waals surface area contributed by atoms with Gasteiger partial charge in [-0.3, -0.25) is 0 Å². The van der Waals surface area contributed by atoms with Crippen LogP contribution >= 0.6 is 0 Å². The fraction of sp³-hybridized carbons (Fsp3) is 0.226. The van der Waals surface area contributed by atoms with Crippen LogP contribution in [0, 0.1) is 17.5 Å². The molecule has 38 heavy (non-hydrogen) atoms. The lowest BCUT2D eigenvalue weighted by Crippen LogP contribution is -2.14. The van der Waals surface area contributed by atoms with Gasteiger partial charge in [0.2, 0.25) is 0 Å². The first-order chi connectivity index (χ1) is 18.1. The third kappa shape index (κ3) is 5.87. The number of rotatable bonds is 8. The maximum atomic E-state index is 15.2. The molecule has 0 aliphatic carbocycles. The summed E-state index contributed by atoms with van der Waals surface area (Å²) in [7, 11) is 1.45. The average molecular weight is 529 g/mol. The second-order valence-electron chi connectivity index (χ2n) is 9.05. The number of benzene rings is 4. The summed E-state index contributed by atoms with van der Waals surface area (Å²) in [5.41, 5.74) is 0.207. The van der Waals surface area contributed by atoms with Gasteiger partial charge in [0.15, 0.2) is 0 Å². The van der Waals surface area contributed by atoms with Crippen molar-refractivity contribution in [3.63, 3.8) is 0 Å². The van der Waals surface area contributed by atoms with E-state index >= 15 is 4.39 Å². The summed E-state index contributed by atoms with van der Waals surface area (Å²) < 4.78 is 91.2. The van der Waals surface area contributed by atoms with Crippen LogP contribution in [0.5, 0.6) is 5.75 Å². The molecule has 0 spiro atoms. The minimum absolute atomic E-state index is 0.0691. The molecule has 7 heteroatoms. The Morgan fingerprint density at radius 1 is 0.632 bits per heavy atom. The topological polar surface area (TPSA) is 9.23 Å². The maximum Gasteiger partial charge on any atom is 0.419 e. The highest BCUT2D eigenvalue weighted by atomic mass is 19.4. The smallest absolute Gasteiger partial charge is 0.419 e. The monoisotopic (exact) mass is 528 g/mol. The van der Waals surface area contributed by atoms with Crippen LogP contribution < -0.4 is 4.74 Å². The highest BCUT2D eigenvalue weighted by Crippen LogP contribution is 2.39.